The van der Waals surface area contributed by atoms with Crippen LogP contribution in [0.2, 0.25) is 0 Å². The van der Waals surface area contributed by atoms with Crippen LogP contribution in [-0.2, 0) is 9.59 Å². The van der Waals surface area contributed by atoms with Crippen LogP contribution in [0.15, 0.2) is 0 Å². The maximum atomic E-state index is 11.8. The van der Waals surface area contributed by atoms with Crippen molar-refractivity contribution < 1.29 is 19.8 Å². The zero-order valence-electron chi connectivity index (χ0n) is 10.2. The first-order valence-electron chi connectivity index (χ1n) is 6.18. The summed E-state index contributed by atoms with van der Waals surface area (Å²) in [5.41, 5.74) is 0. The molecule has 5 heteroatoms. The van der Waals surface area contributed by atoms with Crippen LogP contribution in [0.25, 0.3) is 0 Å². The predicted molar refractivity (Wildman–Crippen MR) is 62.4 cm³/mol. The Kier molecular flexibility index (Phi) is 5.41. The lowest BCUT2D eigenvalue weighted by atomic mass is 10.0. The van der Waals surface area contributed by atoms with Crippen molar-refractivity contribution in [2.24, 2.45) is 11.8 Å². The van der Waals surface area contributed by atoms with Gasteiger partial charge in [0.15, 0.2) is 0 Å². The average molecular weight is 243 g/mol. The van der Waals surface area contributed by atoms with Gasteiger partial charge in [-0.25, -0.2) is 0 Å². The second kappa shape index (κ2) is 6.59. The van der Waals surface area contributed by atoms with Gasteiger partial charge in [0.2, 0.25) is 5.91 Å². The molecule has 0 saturated heterocycles. The summed E-state index contributed by atoms with van der Waals surface area (Å²) in [6.45, 7) is 2.03. The average Bonchev–Trinajstić information content (AvgIpc) is 2.75. The summed E-state index contributed by atoms with van der Waals surface area (Å²) in [5.74, 6) is -1.36. The van der Waals surface area contributed by atoms with E-state index >= 15 is 0 Å². The SMILES string of the molecule is CC(CCCO)NC(=O)C1CCC(C(=O)O)C1. The number of amides is 1. The summed E-state index contributed by atoms with van der Waals surface area (Å²) in [7, 11) is 0. The minimum atomic E-state index is -0.798. The highest BCUT2D eigenvalue weighted by Gasteiger charge is 2.33. The molecule has 1 aliphatic rings. The van der Waals surface area contributed by atoms with Crippen LogP contribution < -0.4 is 5.32 Å². The third-order valence-electron chi connectivity index (χ3n) is 3.34. The molecule has 3 atom stereocenters. The molecule has 0 aromatic rings. The second-order valence-corrected chi connectivity index (χ2v) is 4.82. The summed E-state index contributed by atoms with van der Waals surface area (Å²) >= 11 is 0. The smallest absolute Gasteiger partial charge is 0.306 e. The van der Waals surface area contributed by atoms with Gasteiger partial charge in [-0.1, -0.05) is 0 Å². The van der Waals surface area contributed by atoms with Crippen LogP contribution >= 0.6 is 0 Å². The fourth-order valence-corrected chi connectivity index (χ4v) is 2.27. The summed E-state index contributed by atoms with van der Waals surface area (Å²) in [5, 5.41) is 20.4. The van der Waals surface area contributed by atoms with E-state index in [9.17, 15) is 9.59 Å². The lowest BCUT2D eigenvalue weighted by Crippen LogP contribution is -2.36. The van der Waals surface area contributed by atoms with Crippen molar-refractivity contribution in [1.82, 2.24) is 5.32 Å². The first kappa shape index (κ1) is 14.0. The summed E-state index contributed by atoms with van der Waals surface area (Å²) in [6, 6.07) is 0.0403. The lowest BCUT2D eigenvalue weighted by molar-refractivity contribution is -0.141. The summed E-state index contributed by atoms with van der Waals surface area (Å²) in [6.07, 6.45) is 3.13. The Labute approximate surface area is 101 Å². The zero-order chi connectivity index (χ0) is 12.8. The number of hydrogen-bond acceptors (Lipinski definition) is 3. The molecule has 3 unspecified atom stereocenters. The Hall–Kier alpha value is -1.10. The predicted octanol–water partition coefficient (Wildman–Crippen LogP) is 0.764. The van der Waals surface area contributed by atoms with E-state index in [1.54, 1.807) is 0 Å². The van der Waals surface area contributed by atoms with Crippen LogP contribution in [0.4, 0.5) is 0 Å². The van der Waals surface area contributed by atoms with Gasteiger partial charge in [0.25, 0.3) is 0 Å². The highest BCUT2D eigenvalue weighted by molar-refractivity contribution is 5.81. The molecule has 1 rings (SSSR count). The molecule has 17 heavy (non-hydrogen) atoms. The van der Waals surface area contributed by atoms with E-state index in [1.807, 2.05) is 6.92 Å². The van der Waals surface area contributed by atoms with E-state index in [2.05, 4.69) is 5.32 Å². The maximum absolute atomic E-state index is 11.8. The van der Waals surface area contributed by atoms with Gasteiger partial charge < -0.3 is 15.5 Å². The first-order chi connectivity index (χ1) is 8.04. The van der Waals surface area contributed by atoms with E-state index in [0.29, 0.717) is 25.7 Å². The fraction of sp³-hybridized carbons (Fsp3) is 0.833. The van der Waals surface area contributed by atoms with Crippen molar-refractivity contribution in [2.45, 2.75) is 45.1 Å². The van der Waals surface area contributed by atoms with Gasteiger partial charge in [-0.15, -0.1) is 0 Å². The van der Waals surface area contributed by atoms with Crippen LogP contribution in [0.5, 0.6) is 0 Å². The third-order valence-corrected chi connectivity index (χ3v) is 3.34. The summed E-state index contributed by atoms with van der Waals surface area (Å²) in [4.78, 5) is 22.6. The number of aliphatic hydroxyl groups is 1. The molecular weight excluding hydrogens is 222 g/mol. The minimum Gasteiger partial charge on any atom is -0.481 e. The number of carbonyl (C=O) groups is 2. The van der Waals surface area contributed by atoms with Gasteiger partial charge in [0, 0.05) is 18.6 Å². The Balaban J connectivity index is 2.31. The van der Waals surface area contributed by atoms with Crippen molar-refractivity contribution in [3.05, 3.63) is 0 Å². The van der Waals surface area contributed by atoms with Crippen molar-refractivity contribution in [2.75, 3.05) is 6.61 Å². The molecule has 1 fully saturated rings. The number of carboxylic acid groups (broad SMARTS) is 1. The van der Waals surface area contributed by atoms with Crippen molar-refractivity contribution in [1.29, 1.82) is 0 Å². The highest BCUT2D eigenvalue weighted by atomic mass is 16.4. The zero-order valence-corrected chi connectivity index (χ0v) is 10.2. The fourth-order valence-electron chi connectivity index (χ4n) is 2.27. The number of nitrogens with one attached hydrogen (secondary N) is 1. The molecule has 0 bridgehead atoms. The van der Waals surface area contributed by atoms with Crippen molar-refractivity contribution >= 4 is 11.9 Å². The molecule has 3 N–H and O–H groups in total. The van der Waals surface area contributed by atoms with Crippen molar-refractivity contribution in [3.63, 3.8) is 0 Å². The second-order valence-electron chi connectivity index (χ2n) is 4.82. The minimum absolute atomic E-state index is 0.0403. The van der Waals surface area contributed by atoms with E-state index < -0.39 is 5.97 Å². The molecule has 0 aromatic carbocycles. The maximum Gasteiger partial charge on any atom is 0.306 e. The van der Waals surface area contributed by atoms with E-state index in [4.69, 9.17) is 10.2 Å². The molecule has 0 heterocycles. The number of carbonyl (C=O) groups excluding carboxylic acids is 1. The van der Waals surface area contributed by atoms with Crippen LogP contribution in [0.3, 0.4) is 0 Å². The monoisotopic (exact) mass is 243 g/mol. The van der Waals surface area contributed by atoms with Gasteiger partial charge in [-0.3, -0.25) is 9.59 Å². The first-order valence-corrected chi connectivity index (χ1v) is 6.18. The van der Waals surface area contributed by atoms with Crippen LogP contribution in [-0.4, -0.2) is 34.7 Å². The molecule has 1 amide bonds. The molecule has 0 aliphatic heterocycles. The van der Waals surface area contributed by atoms with Gasteiger partial charge in [0.05, 0.1) is 5.92 Å². The van der Waals surface area contributed by atoms with Crippen molar-refractivity contribution in [3.8, 4) is 0 Å². The van der Waals surface area contributed by atoms with Gasteiger partial charge in [-0.05, 0) is 39.0 Å². The number of hydrogen-bond donors (Lipinski definition) is 3. The molecule has 98 valence electrons. The third kappa shape index (κ3) is 4.34. The van der Waals surface area contributed by atoms with Gasteiger partial charge in [-0.2, -0.15) is 0 Å². The van der Waals surface area contributed by atoms with Crippen LogP contribution in [0, 0.1) is 11.8 Å². The number of rotatable bonds is 6. The summed E-state index contributed by atoms with van der Waals surface area (Å²) < 4.78 is 0. The Morgan fingerprint density at radius 3 is 2.53 bits per heavy atom. The molecule has 0 aromatic heterocycles. The molecular formula is C12H21NO4. The lowest BCUT2D eigenvalue weighted by Gasteiger charge is -2.16. The largest absolute Gasteiger partial charge is 0.481 e. The molecule has 5 nitrogen and oxygen atoms in total. The number of carboxylic acids is 1. The molecule has 1 aliphatic carbocycles. The molecule has 1 saturated carbocycles. The standard InChI is InChI=1S/C12H21NO4/c1-8(3-2-6-14)13-11(15)9-4-5-10(7-9)12(16)17/h8-10,14H,2-7H2,1H3,(H,13,15)(H,16,17). The Morgan fingerprint density at radius 1 is 1.35 bits per heavy atom. The number of aliphatic hydroxyl groups excluding tert-OH is 1. The Morgan fingerprint density at radius 2 is 2.00 bits per heavy atom. The van der Waals surface area contributed by atoms with E-state index in [-0.39, 0.29) is 30.4 Å². The van der Waals surface area contributed by atoms with E-state index in [1.165, 1.54) is 0 Å². The van der Waals surface area contributed by atoms with Gasteiger partial charge >= 0.3 is 5.97 Å². The quantitative estimate of drug-likeness (QED) is 0.643. The molecule has 0 spiro atoms. The van der Waals surface area contributed by atoms with Crippen LogP contribution in [0.1, 0.15) is 39.0 Å². The molecule has 0 radical (unpaired) electrons. The topological polar surface area (TPSA) is 86.6 Å². The van der Waals surface area contributed by atoms with E-state index in [0.717, 1.165) is 6.42 Å². The highest BCUT2D eigenvalue weighted by Crippen LogP contribution is 2.31. The Bertz CT molecular complexity index is 280. The number of aliphatic carboxylic acids is 1. The van der Waals surface area contributed by atoms with Gasteiger partial charge in [0.1, 0.15) is 0 Å². The normalized spacial score (nSPS) is 25.5.